The van der Waals surface area contributed by atoms with Crippen molar-refractivity contribution in [2.24, 2.45) is 0 Å². The first-order valence-electron chi connectivity index (χ1n) is 9.07. The lowest BCUT2D eigenvalue weighted by Crippen LogP contribution is -2.30. The largest absolute Gasteiger partial charge is 0.465 e. The van der Waals surface area contributed by atoms with Gasteiger partial charge in [0.1, 0.15) is 9.90 Å². The van der Waals surface area contributed by atoms with E-state index in [1.165, 1.54) is 41.2 Å². The summed E-state index contributed by atoms with van der Waals surface area (Å²) in [5, 5.41) is 1.55. The molecule has 0 aliphatic rings. The lowest BCUT2D eigenvalue weighted by atomic mass is 10.1. The normalized spacial score (nSPS) is 11.4. The molecular weight excluding hydrogens is 420 g/mol. The van der Waals surface area contributed by atoms with Crippen LogP contribution in [-0.4, -0.2) is 26.5 Å². The molecule has 2 aromatic heterocycles. The van der Waals surface area contributed by atoms with E-state index in [2.05, 4.69) is 4.98 Å². The Kier molecular flexibility index (Phi) is 5.52. The van der Waals surface area contributed by atoms with Gasteiger partial charge in [-0.05, 0) is 47.3 Å². The molecule has 0 atom stereocenters. The first-order chi connectivity index (χ1) is 14.5. The minimum absolute atomic E-state index is 0.0644. The maximum Gasteiger partial charge on any atom is 0.337 e. The van der Waals surface area contributed by atoms with Crippen molar-refractivity contribution in [2.45, 2.75) is 11.4 Å². The molecule has 0 spiro atoms. The van der Waals surface area contributed by atoms with Gasteiger partial charge in [-0.15, -0.1) is 11.3 Å². The Bertz CT molecular complexity index is 1270. The first-order valence-corrected chi connectivity index (χ1v) is 11.3. The van der Waals surface area contributed by atoms with E-state index in [9.17, 15) is 13.2 Å². The monoisotopic (exact) mass is 438 g/mol. The standard InChI is InChI=1S/C22H18N2O4S2/c1-28-22(25)18-8-4-6-16(12-18)15-24(30(26,27)19-9-5-11-23-14-19)21-13-17-7-2-3-10-20(17)29-21/h2-14H,15H2,1H3. The smallest absolute Gasteiger partial charge is 0.337 e. The molecule has 2 heterocycles. The van der Waals surface area contributed by atoms with Gasteiger partial charge in [-0.3, -0.25) is 9.29 Å². The van der Waals surface area contributed by atoms with Crippen LogP contribution in [0.25, 0.3) is 10.1 Å². The maximum absolute atomic E-state index is 13.5. The quantitative estimate of drug-likeness (QED) is 0.415. The molecular formula is C22H18N2O4S2. The number of thiophene rings is 1. The number of esters is 1. The number of hydrogen-bond donors (Lipinski definition) is 0. The summed E-state index contributed by atoms with van der Waals surface area (Å²) in [6.07, 6.45) is 2.86. The molecule has 4 aromatic rings. The number of nitrogens with zero attached hydrogens (tertiary/aromatic N) is 2. The molecule has 6 nitrogen and oxygen atoms in total. The average Bonchev–Trinajstić information content (AvgIpc) is 3.21. The summed E-state index contributed by atoms with van der Waals surface area (Å²) in [5.41, 5.74) is 1.04. The number of pyridine rings is 1. The van der Waals surface area contributed by atoms with Gasteiger partial charge in [-0.1, -0.05) is 30.3 Å². The number of benzene rings is 2. The summed E-state index contributed by atoms with van der Waals surface area (Å²) in [6.45, 7) is 0.0644. The van der Waals surface area contributed by atoms with Crippen LogP contribution in [-0.2, 0) is 21.3 Å². The van der Waals surface area contributed by atoms with E-state index >= 15 is 0 Å². The van der Waals surface area contributed by atoms with Gasteiger partial charge in [0.25, 0.3) is 10.0 Å². The molecule has 30 heavy (non-hydrogen) atoms. The van der Waals surface area contributed by atoms with Crippen LogP contribution < -0.4 is 4.31 Å². The average molecular weight is 439 g/mol. The second kappa shape index (κ2) is 8.25. The van der Waals surface area contributed by atoms with Crippen molar-refractivity contribution >= 4 is 42.4 Å². The second-order valence-electron chi connectivity index (χ2n) is 6.51. The molecule has 0 N–H and O–H groups in total. The third kappa shape index (κ3) is 3.92. The van der Waals surface area contributed by atoms with E-state index in [1.54, 1.807) is 30.3 Å². The molecule has 0 radical (unpaired) electrons. The molecule has 2 aromatic carbocycles. The predicted molar refractivity (Wildman–Crippen MR) is 117 cm³/mol. The summed E-state index contributed by atoms with van der Waals surface area (Å²) >= 11 is 1.40. The summed E-state index contributed by atoms with van der Waals surface area (Å²) in [6, 6.07) is 19.5. The Hall–Kier alpha value is -3.23. The van der Waals surface area contributed by atoms with Gasteiger partial charge in [-0.25, -0.2) is 13.2 Å². The molecule has 152 valence electrons. The Morgan fingerprint density at radius 2 is 1.90 bits per heavy atom. The van der Waals surface area contributed by atoms with Gasteiger partial charge in [0.15, 0.2) is 0 Å². The molecule has 0 aliphatic heterocycles. The maximum atomic E-state index is 13.5. The van der Waals surface area contributed by atoms with Crippen molar-refractivity contribution in [3.63, 3.8) is 0 Å². The van der Waals surface area contributed by atoms with Gasteiger partial charge in [0.05, 0.1) is 19.2 Å². The highest BCUT2D eigenvalue weighted by molar-refractivity contribution is 7.93. The zero-order chi connectivity index (χ0) is 21.1. The van der Waals surface area contributed by atoms with E-state index < -0.39 is 16.0 Å². The molecule has 0 aliphatic carbocycles. The Morgan fingerprint density at radius 1 is 1.07 bits per heavy atom. The van der Waals surface area contributed by atoms with Crippen LogP contribution in [0.2, 0.25) is 0 Å². The molecule has 0 unspecified atom stereocenters. The van der Waals surface area contributed by atoms with E-state index in [-0.39, 0.29) is 11.4 Å². The molecule has 0 fully saturated rings. The Labute approximate surface area is 178 Å². The van der Waals surface area contributed by atoms with Crippen molar-refractivity contribution in [3.8, 4) is 0 Å². The highest BCUT2D eigenvalue weighted by Crippen LogP contribution is 2.36. The first kappa shape index (κ1) is 20.1. The second-order valence-corrected chi connectivity index (χ2v) is 9.44. The van der Waals surface area contributed by atoms with E-state index in [0.29, 0.717) is 16.1 Å². The fourth-order valence-electron chi connectivity index (χ4n) is 3.08. The number of ether oxygens (including phenoxy) is 1. The van der Waals surface area contributed by atoms with Crippen molar-refractivity contribution in [1.82, 2.24) is 4.98 Å². The number of sulfonamides is 1. The lowest BCUT2D eigenvalue weighted by Gasteiger charge is -2.23. The van der Waals surface area contributed by atoms with Crippen LogP contribution in [0.1, 0.15) is 15.9 Å². The number of carbonyl (C=O) groups excluding carboxylic acids is 1. The van der Waals surface area contributed by atoms with Crippen molar-refractivity contribution < 1.29 is 17.9 Å². The molecule has 0 bridgehead atoms. The minimum Gasteiger partial charge on any atom is -0.465 e. The highest BCUT2D eigenvalue weighted by atomic mass is 32.2. The SMILES string of the molecule is COC(=O)c1cccc(CN(c2cc3ccccc3s2)S(=O)(=O)c2cccnc2)c1. The molecule has 8 heteroatoms. The summed E-state index contributed by atoms with van der Waals surface area (Å²) in [4.78, 5) is 16.0. The number of anilines is 1. The fraction of sp³-hybridized carbons (Fsp3) is 0.0909. The zero-order valence-corrected chi connectivity index (χ0v) is 17.7. The van der Waals surface area contributed by atoms with Crippen LogP contribution in [0.4, 0.5) is 5.00 Å². The molecule has 0 saturated heterocycles. The summed E-state index contributed by atoms with van der Waals surface area (Å²) in [7, 11) is -2.56. The van der Waals surface area contributed by atoms with Crippen molar-refractivity contribution in [3.05, 3.63) is 90.3 Å². The lowest BCUT2D eigenvalue weighted by molar-refractivity contribution is 0.0600. The van der Waals surface area contributed by atoms with Crippen molar-refractivity contribution in [1.29, 1.82) is 0 Å². The molecule has 4 rings (SSSR count). The fourth-order valence-corrected chi connectivity index (χ4v) is 5.76. The number of fused-ring (bicyclic) bond motifs is 1. The van der Waals surface area contributed by atoms with Gasteiger partial charge < -0.3 is 4.74 Å². The third-order valence-electron chi connectivity index (χ3n) is 4.55. The van der Waals surface area contributed by atoms with E-state index in [1.807, 2.05) is 30.3 Å². The third-order valence-corrected chi connectivity index (χ3v) is 7.55. The number of aromatic nitrogens is 1. The van der Waals surface area contributed by atoms with Gasteiger partial charge in [0.2, 0.25) is 0 Å². The van der Waals surface area contributed by atoms with Gasteiger partial charge in [-0.2, -0.15) is 0 Å². The van der Waals surface area contributed by atoms with Crippen LogP contribution in [0.3, 0.4) is 0 Å². The number of methoxy groups -OCH3 is 1. The predicted octanol–water partition coefficient (Wildman–Crippen LogP) is 4.48. The summed E-state index contributed by atoms with van der Waals surface area (Å²) < 4.78 is 34.1. The summed E-state index contributed by atoms with van der Waals surface area (Å²) in [5.74, 6) is -0.472. The number of carbonyl (C=O) groups is 1. The zero-order valence-electron chi connectivity index (χ0n) is 16.1. The van der Waals surface area contributed by atoms with Gasteiger partial charge >= 0.3 is 5.97 Å². The topological polar surface area (TPSA) is 76.6 Å². The van der Waals surface area contributed by atoms with Crippen LogP contribution >= 0.6 is 11.3 Å². The molecule has 0 saturated carbocycles. The van der Waals surface area contributed by atoms with Crippen LogP contribution in [0.5, 0.6) is 0 Å². The van der Waals surface area contributed by atoms with E-state index in [0.717, 1.165) is 10.1 Å². The minimum atomic E-state index is -3.87. The Morgan fingerprint density at radius 3 is 2.63 bits per heavy atom. The highest BCUT2D eigenvalue weighted by Gasteiger charge is 2.27. The Balaban J connectivity index is 1.81. The van der Waals surface area contributed by atoms with Crippen LogP contribution in [0, 0.1) is 0 Å². The van der Waals surface area contributed by atoms with E-state index in [4.69, 9.17) is 4.74 Å². The number of hydrogen-bond acceptors (Lipinski definition) is 6. The van der Waals surface area contributed by atoms with Crippen molar-refractivity contribution in [2.75, 3.05) is 11.4 Å². The number of rotatable bonds is 6. The van der Waals surface area contributed by atoms with Gasteiger partial charge in [0, 0.05) is 17.1 Å². The molecule has 0 amide bonds. The van der Waals surface area contributed by atoms with Crippen LogP contribution in [0.15, 0.2) is 84.0 Å².